The van der Waals surface area contributed by atoms with Crippen molar-refractivity contribution in [3.05, 3.63) is 29.8 Å². The average Bonchev–Trinajstić information content (AvgIpc) is 2.38. The Hall–Kier alpha value is -1.89. The number of ether oxygens (including phenoxy) is 2. The summed E-state index contributed by atoms with van der Waals surface area (Å²) in [5, 5.41) is 0. The van der Waals surface area contributed by atoms with E-state index in [0.717, 1.165) is 0 Å². The molecule has 1 aromatic carbocycles. The molecule has 116 valence electrons. The van der Waals surface area contributed by atoms with Crippen molar-refractivity contribution in [1.29, 1.82) is 0 Å². The summed E-state index contributed by atoms with van der Waals surface area (Å²) in [4.78, 5) is 23.3. The third-order valence-electron chi connectivity index (χ3n) is 2.48. The van der Waals surface area contributed by atoms with Crippen LogP contribution in [0.25, 0.3) is 0 Å². The van der Waals surface area contributed by atoms with E-state index in [1.54, 1.807) is 32.0 Å². The third kappa shape index (κ3) is 5.55. The van der Waals surface area contributed by atoms with E-state index < -0.39 is 33.1 Å². The number of para-hydroxylation sites is 1. The van der Waals surface area contributed by atoms with Gasteiger partial charge in [-0.25, -0.2) is 8.42 Å². The molecule has 0 saturated carbocycles. The van der Waals surface area contributed by atoms with Gasteiger partial charge in [-0.1, -0.05) is 12.1 Å². The van der Waals surface area contributed by atoms with Gasteiger partial charge >= 0.3 is 5.97 Å². The summed E-state index contributed by atoms with van der Waals surface area (Å²) in [5.74, 6) is -2.69. The van der Waals surface area contributed by atoms with Gasteiger partial charge in [0.05, 0.1) is 18.8 Å². The molecule has 0 bridgehead atoms. The summed E-state index contributed by atoms with van der Waals surface area (Å²) in [6.07, 6.45) is 0. The van der Waals surface area contributed by atoms with Gasteiger partial charge in [0.25, 0.3) is 0 Å². The molecule has 0 aromatic heterocycles. The predicted octanol–water partition coefficient (Wildman–Crippen LogP) is 1.25. The van der Waals surface area contributed by atoms with Crippen molar-refractivity contribution in [3.8, 4) is 5.75 Å². The zero-order valence-corrected chi connectivity index (χ0v) is 12.8. The molecule has 21 heavy (non-hydrogen) atoms. The monoisotopic (exact) mass is 314 g/mol. The summed E-state index contributed by atoms with van der Waals surface area (Å²) in [5.41, 5.74) is 0.187. The first-order chi connectivity index (χ1) is 9.89. The first-order valence-electron chi connectivity index (χ1n) is 6.50. The molecule has 0 aliphatic carbocycles. The van der Waals surface area contributed by atoms with E-state index >= 15 is 0 Å². The molecule has 1 rings (SSSR count). The van der Waals surface area contributed by atoms with Gasteiger partial charge in [0.15, 0.2) is 15.6 Å². The standard InChI is InChI=1S/C14H18O6S/c1-3-19-13-8-6-5-7-11(13)12(15)9-21(17,18)10-14(16)20-4-2/h5-8H,3-4,9-10H2,1-2H3. The van der Waals surface area contributed by atoms with Gasteiger partial charge in [0.1, 0.15) is 17.3 Å². The van der Waals surface area contributed by atoms with Crippen LogP contribution in [0.1, 0.15) is 24.2 Å². The highest BCUT2D eigenvalue weighted by molar-refractivity contribution is 7.92. The number of benzene rings is 1. The van der Waals surface area contributed by atoms with E-state index in [-0.39, 0.29) is 12.2 Å². The van der Waals surface area contributed by atoms with Crippen molar-refractivity contribution in [2.24, 2.45) is 0 Å². The second kappa shape index (κ2) is 7.78. The van der Waals surface area contributed by atoms with Crippen molar-refractivity contribution < 1.29 is 27.5 Å². The van der Waals surface area contributed by atoms with Crippen LogP contribution in [-0.2, 0) is 19.4 Å². The second-order valence-corrected chi connectivity index (χ2v) is 6.25. The number of esters is 1. The number of carbonyl (C=O) groups is 2. The number of ketones is 1. The molecule has 0 spiro atoms. The highest BCUT2D eigenvalue weighted by Gasteiger charge is 2.24. The van der Waals surface area contributed by atoms with Crippen molar-refractivity contribution in [2.75, 3.05) is 24.7 Å². The Morgan fingerprint density at radius 2 is 1.71 bits per heavy atom. The van der Waals surface area contributed by atoms with Crippen LogP contribution in [0.4, 0.5) is 0 Å². The third-order valence-corrected chi connectivity index (χ3v) is 3.86. The molecule has 6 nitrogen and oxygen atoms in total. The van der Waals surface area contributed by atoms with Gasteiger partial charge in [0, 0.05) is 0 Å². The Balaban J connectivity index is 2.83. The van der Waals surface area contributed by atoms with Crippen LogP contribution in [0.15, 0.2) is 24.3 Å². The number of rotatable bonds is 8. The fraction of sp³-hybridized carbons (Fsp3) is 0.429. The fourth-order valence-corrected chi connectivity index (χ4v) is 2.79. The smallest absolute Gasteiger partial charge is 0.321 e. The van der Waals surface area contributed by atoms with E-state index in [0.29, 0.717) is 12.4 Å². The van der Waals surface area contributed by atoms with Gasteiger partial charge in [-0.05, 0) is 26.0 Å². The van der Waals surface area contributed by atoms with Gasteiger partial charge in [0.2, 0.25) is 0 Å². The lowest BCUT2D eigenvalue weighted by molar-refractivity contribution is -0.139. The summed E-state index contributed by atoms with van der Waals surface area (Å²) in [6.45, 7) is 3.79. The number of hydrogen-bond acceptors (Lipinski definition) is 6. The lowest BCUT2D eigenvalue weighted by Crippen LogP contribution is -2.25. The Kier molecular flexibility index (Phi) is 6.36. The molecule has 0 aliphatic rings. The van der Waals surface area contributed by atoms with Gasteiger partial charge < -0.3 is 9.47 Å². The van der Waals surface area contributed by atoms with Gasteiger partial charge in [-0.3, -0.25) is 9.59 Å². The first-order valence-corrected chi connectivity index (χ1v) is 8.32. The van der Waals surface area contributed by atoms with Crippen molar-refractivity contribution in [3.63, 3.8) is 0 Å². The van der Waals surface area contributed by atoms with Crippen LogP contribution in [0.5, 0.6) is 5.75 Å². The van der Waals surface area contributed by atoms with Crippen LogP contribution in [0.3, 0.4) is 0 Å². The summed E-state index contributed by atoms with van der Waals surface area (Å²) >= 11 is 0. The second-order valence-electron chi connectivity index (χ2n) is 4.19. The van der Waals surface area contributed by atoms with Gasteiger partial charge in [-0.15, -0.1) is 0 Å². The zero-order valence-electron chi connectivity index (χ0n) is 12.0. The summed E-state index contributed by atoms with van der Waals surface area (Å²) < 4.78 is 33.5. The number of sulfone groups is 1. The molecular weight excluding hydrogens is 296 g/mol. The minimum Gasteiger partial charge on any atom is -0.493 e. The molecule has 1 aromatic rings. The van der Waals surface area contributed by atoms with Crippen LogP contribution >= 0.6 is 0 Å². The van der Waals surface area contributed by atoms with Crippen LogP contribution in [0.2, 0.25) is 0 Å². The van der Waals surface area contributed by atoms with E-state index in [1.807, 2.05) is 0 Å². The molecule has 7 heteroatoms. The van der Waals surface area contributed by atoms with Crippen molar-refractivity contribution >= 4 is 21.6 Å². The van der Waals surface area contributed by atoms with E-state index in [4.69, 9.17) is 4.74 Å². The lowest BCUT2D eigenvalue weighted by atomic mass is 10.1. The first kappa shape index (κ1) is 17.2. The Morgan fingerprint density at radius 3 is 2.33 bits per heavy atom. The fourth-order valence-electron chi connectivity index (χ4n) is 1.69. The summed E-state index contributed by atoms with van der Waals surface area (Å²) in [6, 6.07) is 6.39. The highest BCUT2D eigenvalue weighted by Crippen LogP contribution is 2.19. The minimum atomic E-state index is -3.86. The lowest BCUT2D eigenvalue weighted by Gasteiger charge is -2.09. The maximum atomic E-state index is 12.1. The average molecular weight is 314 g/mol. The Morgan fingerprint density at radius 1 is 1.05 bits per heavy atom. The molecule has 0 aliphatic heterocycles. The molecule has 0 saturated heterocycles. The van der Waals surface area contributed by atoms with Crippen molar-refractivity contribution in [2.45, 2.75) is 13.8 Å². The molecular formula is C14H18O6S. The molecule has 0 unspecified atom stereocenters. The quantitative estimate of drug-likeness (QED) is 0.530. The number of hydrogen-bond donors (Lipinski definition) is 0. The molecule has 0 atom stereocenters. The van der Waals surface area contributed by atoms with E-state index in [9.17, 15) is 18.0 Å². The van der Waals surface area contributed by atoms with Crippen LogP contribution in [0, 0.1) is 0 Å². The largest absolute Gasteiger partial charge is 0.493 e. The van der Waals surface area contributed by atoms with E-state index in [1.165, 1.54) is 6.07 Å². The maximum Gasteiger partial charge on any atom is 0.321 e. The number of carbonyl (C=O) groups excluding carboxylic acids is 2. The molecule has 0 amide bonds. The normalized spacial score (nSPS) is 11.0. The molecule has 0 fully saturated rings. The highest BCUT2D eigenvalue weighted by atomic mass is 32.2. The predicted molar refractivity (Wildman–Crippen MR) is 77.2 cm³/mol. The summed E-state index contributed by atoms with van der Waals surface area (Å²) in [7, 11) is -3.86. The van der Waals surface area contributed by atoms with Crippen LogP contribution < -0.4 is 4.74 Å². The molecule has 0 heterocycles. The number of Topliss-reactive ketones (excluding diaryl/α,β-unsaturated/α-hetero) is 1. The van der Waals surface area contributed by atoms with Crippen molar-refractivity contribution in [1.82, 2.24) is 0 Å². The molecule has 0 N–H and O–H groups in total. The maximum absolute atomic E-state index is 12.1. The van der Waals surface area contributed by atoms with E-state index in [2.05, 4.69) is 4.74 Å². The minimum absolute atomic E-state index is 0.0927. The topological polar surface area (TPSA) is 86.7 Å². The van der Waals surface area contributed by atoms with Gasteiger partial charge in [-0.2, -0.15) is 0 Å². The Labute approximate surface area is 124 Å². The van der Waals surface area contributed by atoms with Crippen LogP contribution in [-0.4, -0.2) is 44.9 Å². The zero-order chi connectivity index (χ0) is 15.9. The Bertz CT molecular complexity index is 606. The SMILES string of the molecule is CCOC(=O)CS(=O)(=O)CC(=O)c1ccccc1OCC. The molecule has 0 radical (unpaired) electrons.